The van der Waals surface area contributed by atoms with Gasteiger partial charge in [-0.1, -0.05) is 0 Å². The van der Waals surface area contributed by atoms with Gasteiger partial charge in [-0.3, -0.25) is 4.79 Å². The molecule has 1 atom stereocenters. The van der Waals surface area contributed by atoms with Crippen molar-refractivity contribution in [3.05, 3.63) is 17.2 Å². The van der Waals surface area contributed by atoms with E-state index in [-0.39, 0.29) is 11.8 Å². The molecule has 0 fully saturated rings. The number of carbonyl (C=O) groups is 1. The summed E-state index contributed by atoms with van der Waals surface area (Å²) in [5, 5.41) is 0. The Morgan fingerprint density at radius 2 is 2.27 bits per heavy atom. The van der Waals surface area contributed by atoms with Crippen molar-refractivity contribution in [3.63, 3.8) is 0 Å². The average Bonchev–Trinajstić information content (AvgIpc) is 2.55. The maximum Gasteiger partial charge on any atom is 0.225 e. The topological polar surface area (TPSA) is 49.0 Å². The number of fused-ring (bicyclic) bond motifs is 1. The molecule has 0 aliphatic heterocycles. The molecule has 0 aromatic carbocycles. The van der Waals surface area contributed by atoms with E-state index in [2.05, 4.69) is 9.97 Å². The average molecular weight is 207 g/mol. The van der Waals surface area contributed by atoms with Gasteiger partial charge in [0.1, 0.15) is 5.82 Å². The second-order valence-electron chi connectivity index (χ2n) is 4.42. The first-order valence-corrected chi connectivity index (χ1v) is 5.33. The fourth-order valence-corrected chi connectivity index (χ4v) is 2.20. The van der Waals surface area contributed by atoms with Gasteiger partial charge >= 0.3 is 0 Å². The van der Waals surface area contributed by atoms with Crippen molar-refractivity contribution in [2.24, 2.45) is 5.92 Å². The molecular formula is C11H17N3O. The summed E-state index contributed by atoms with van der Waals surface area (Å²) in [5.41, 5.74) is 2.30. The van der Waals surface area contributed by atoms with Gasteiger partial charge in [0.05, 0.1) is 5.69 Å². The Kier molecular flexibility index (Phi) is 2.50. The normalized spacial score (nSPS) is 19.8. The highest BCUT2D eigenvalue weighted by atomic mass is 16.2. The monoisotopic (exact) mass is 207 g/mol. The van der Waals surface area contributed by atoms with Crippen LogP contribution >= 0.6 is 0 Å². The van der Waals surface area contributed by atoms with Crippen LogP contribution in [0, 0.1) is 12.8 Å². The summed E-state index contributed by atoms with van der Waals surface area (Å²) in [6, 6.07) is 0. The minimum absolute atomic E-state index is 0.132. The quantitative estimate of drug-likeness (QED) is 0.744. The summed E-state index contributed by atoms with van der Waals surface area (Å²) in [6.45, 7) is 1.96. The van der Waals surface area contributed by atoms with E-state index in [0.717, 1.165) is 36.5 Å². The highest BCUT2D eigenvalue weighted by molar-refractivity contribution is 5.78. The third-order valence-electron chi connectivity index (χ3n) is 2.95. The van der Waals surface area contributed by atoms with Crippen molar-refractivity contribution in [3.8, 4) is 0 Å². The molecule has 1 N–H and O–H groups in total. The zero-order valence-corrected chi connectivity index (χ0v) is 9.50. The molecule has 0 bridgehead atoms. The molecule has 1 unspecified atom stereocenters. The van der Waals surface area contributed by atoms with Crippen LogP contribution in [0.3, 0.4) is 0 Å². The molecule has 82 valence electrons. The third kappa shape index (κ3) is 1.89. The molecule has 2 rings (SSSR count). The minimum Gasteiger partial charge on any atom is -0.349 e. The van der Waals surface area contributed by atoms with Crippen molar-refractivity contribution in [2.45, 2.75) is 26.2 Å². The van der Waals surface area contributed by atoms with Gasteiger partial charge in [-0.05, 0) is 19.8 Å². The van der Waals surface area contributed by atoms with Gasteiger partial charge in [0.15, 0.2) is 0 Å². The van der Waals surface area contributed by atoms with E-state index in [9.17, 15) is 4.79 Å². The van der Waals surface area contributed by atoms with Crippen LogP contribution in [0.2, 0.25) is 0 Å². The minimum atomic E-state index is 0.132. The molecular weight excluding hydrogens is 190 g/mol. The van der Waals surface area contributed by atoms with Crippen molar-refractivity contribution < 1.29 is 4.79 Å². The molecule has 1 aliphatic rings. The van der Waals surface area contributed by atoms with Crippen molar-refractivity contribution in [2.75, 3.05) is 14.1 Å². The molecule has 1 aromatic heterocycles. The largest absolute Gasteiger partial charge is 0.349 e. The molecule has 1 aromatic rings. The predicted octanol–water partition coefficient (Wildman–Crippen LogP) is 0.911. The molecule has 0 saturated heterocycles. The van der Waals surface area contributed by atoms with E-state index in [1.165, 1.54) is 0 Å². The molecule has 1 amide bonds. The second kappa shape index (κ2) is 3.68. The van der Waals surface area contributed by atoms with Gasteiger partial charge in [-0.15, -0.1) is 0 Å². The Bertz CT molecular complexity index is 381. The number of nitrogens with zero attached hydrogens (tertiary/aromatic N) is 2. The van der Waals surface area contributed by atoms with Crippen molar-refractivity contribution in [1.82, 2.24) is 14.9 Å². The lowest BCUT2D eigenvalue weighted by molar-refractivity contribution is -0.133. The number of hydrogen-bond donors (Lipinski definition) is 1. The summed E-state index contributed by atoms with van der Waals surface area (Å²) in [4.78, 5) is 21.1. The summed E-state index contributed by atoms with van der Waals surface area (Å²) in [7, 11) is 3.63. The lowest BCUT2D eigenvalue weighted by Gasteiger charge is -2.23. The number of imidazole rings is 1. The van der Waals surface area contributed by atoms with Gasteiger partial charge in [-0.2, -0.15) is 0 Å². The van der Waals surface area contributed by atoms with Crippen LogP contribution in [0.1, 0.15) is 23.6 Å². The molecule has 0 saturated carbocycles. The number of rotatable bonds is 1. The Balaban J connectivity index is 2.15. The van der Waals surface area contributed by atoms with Crippen LogP contribution in [0.4, 0.5) is 0 Å². The first kappa shape index (κ1) is 10.2. The summed E-state index contributed by atoms with van der Waals surface area (Å²) < 4.78 is 0. The number of aromatic nitrogens is 2. The number of carbonyl (C=O) groups excluding carboxylic acids is 1. The van der Waals surface area contributed by atoms with Crippen LogP contribution < -0.4 is 0 Å². The SMILES string of the molecule is Cc1nc2c([nH]1)CC(C(=O)N(C)C)CC2. The van der Waals surface area contributed by atoms with Gasteiger partial charge in [-0.25, -0.2) is 4.98 Å². The molecule has 15 heavy (non-hydrogen) atoms. The Morgan fingerprint density at radius 3 is 2.93 bits per heavy atom. The summed E-state index contributed by atoms with van der Waals surface area (Å²) >= 11 is 0. The molecule has 0 spiro atoms. The lowest BCUT2D eigenvalue weighted by Crippen LogP contribution is -2.33. The van der Waals surface area contributed by atoms with E-state index in [1.54, 1.807) is 4.90 Å². The fraction of sp³-hybridized carbons (Fsp3) is 0.636. The first-order valence-electron chi connectivity index (χ1n) is 5.33. The third-order valence-corrected chi connectivity index (χ3v) is 2.95. The summed E-state index contributed by atoms with van der Waals surface area (Å²) in [6.07, 6.45) is 2.66. The number of H-pyrrole nitrogens is 1. The first-order chi connectivity index (χ1) is 7.08. The lowest BCUT2D eigenvalue weighted by atomic mass is 9.89. The van der Waals surface area contributed by atoms with E-state index in [4.69, 9.17) is 0 Å². The van der Waals surface area contributed by atoms with E-state index in [0.29, 0.717) is 0 Å². The maximum atomic E-state index is 11.8. The van der Waals surface area contributed by atoms with Crippen LogP contribution in [-0.2, 0) is 17.6 Å². The molecule has 4 nitrogen and oxygen atoms in total. The number of aryl methyl sites for hydroxylation is 2. The van der Waals surface area contributed by atoms with Crippen molar-refractivity contribution in [1.29, 1.82) is 0 Å². The zero-order chi connectivity index (χ0) is 11.0. The Labute approximate surface area is 89.7 Å². The van der Waals surface area contributed by atoms with Crippen LogP contribution in [-0.4, -0.2) is 34.9 Å². The van der Waals surface area contributed by atoms with Gasteiger partial charge in [0.2, 0.25) is 5.91 Å². The van der Waals surface area contributed by atoms with E-state index >= 15 is 0 Å². The van der Waals surface area contributed by atoms with Gasteiger partial charge in [0.25, 0.3) is 0 Å². The van der Waals surface area contributed by atoms with Crippen molar-refractivity contribution >= 4 is 5.91 Å². The maximum absolute atomic E-state index is 11.8. The van der Waals surface area contributed by atoms with Crippen LogP contribution in [0.5, 0.6) is 0 Å². The number of amides is 1. The Hall–Kier alpha value is -1.32. The second-order valence-corrected chi connectivity index (χ2v) is 4.42. The van der Waals surface area contributed by atoms with E-state index < -0.39 is 0 Å². The van der Waals surface area contributed by atoms with Gasteiger partial charge < -0.3 is 9.88 Å². The number of hydrogen-bond acceptors (Lipinski definition) is 2. The molecule has 1 heterocycles. The molecule has 4 heteroatoms. The zero-order valence-electron chi connectivity index (χ0n) is 9.50. The summed E-state index contributed by atoms with van der Waals surface area (Å²) in [5.74, 6) is 1.32. The highest BCUT2D eigenvalue weighted by Crippen LogP contribution is 2.24. The van der Waals surface area contributed by atoms with E-state index in [1.807, 2.05) is 21.0 Å². The predicted molar refractivity (Wildman–Crippen MR) is 57.5 cm³/mol. The fourth-order valence-electron chi connectivity index (χ4n) is 2.20. The number of aromatic amines is 1. The number of nitrogens with one attached hydrogen (secondary N) is 1. The van der Waals surface area contributed by atoms with Crippen LogP contribution in [0.25, 0.3) is 0 Å². The molecule has 0 radical (unpaired) electrons. The standard InChI is InChI=1S/C11H17N3O/c1-7-12-9-5-4-8(6-10(9)13-7)11(15)14(2)3/h8H,4-6H2,1-3H3,(H,12,13). The highest BCUT2D eigenvalue weighted by Gasteiger charge is 2.27. The smallest absolute Gasteiger partial charge is 0.225 e. The van der Waals surface area contributed by atoms with Gasteiger partial charge in [0, 0.05) is 32.1 Å². The molecule has 1 aliphatic carbocycles. The van der Waals surface area contributed by atoms with Crippen LogP contribution in [0.15, 0.2) is 0 Å². The Morgan fingerprint density at radius 1 is 1.53 bits per heavy atom.